The summed E-state index contributed by atoms with van der Waals surface area (Å²) in [7, 11) is 0. The summed E-state index contributed by atoms with van der Waals surface area (Å²) in [6.45, 7) is 14.4. The van der Waals surface area contributed by atoms with Gasteiger partial charge in [-0.2, -0.15) is 0 Å². The molecule has 4 heteroatoms. The van der Waals surface area contributed by atoms with Crippen molar-refractivity contribution in [3.63, 3.8) is 0 Å². The van der Waals surface area contributed by atoms with Crippen LogP contribution in [0.4, 0.5) is 0 Å². The molecule has 4 nitrogen and oxygen atoms in total. The van der Waals surface area contributed by atoms with E-state index in [9.17, 15) is 5.11 Å². The molecule has 21 heavy (non-hydrogen) atoms. The van der Waals surface area contributed by atoms with E-state index in [1.165, 1.54) is 52.0 Å². The summed E-state index contributed by atoms with van der Waals surface area (Å²) in [6, 6.07) is 1.98. The summed E-state index contributed by atoms with van der Waals surface area (Å²) < 4.78 is 0. The van der Waals surface area contributed by atoms with E-state index in [-0.39, 0.29) is 0 Å². The Morgan fingerprint density at radius 1 is 1.10 bits per heavy atom. The lowest BCUT2D eigenvalue weighted by atomic mass is 9.97. The largest absolute Gasteiger partial charge is 0.396 e. The third-order valence-corrected chi connectivity index (χ3v) is 5.31. The first-order valence-electron chi connectivity index (χ1n) is 8.98. The molecule has 0 aromatic carbocycles. The van der Waals surface area contributed by atoms with Crippen molar-refractivity contribution in [3.05, 3.63) is 0 Å². The van der Waals surface area contributed by atoms with Gasteiger partial charge in [0.05, 0.1) is 0 Å². The van der Waals surface area contributed by atoms with Crippen LogP contribution in [0.1, 0.15) is 46.5 Å². The maximum atomic E-state index is 9.41. The highest BCUT2D eigenvalue weighted by molar-refractivity contribution is 4.89. The highest BCUT2D eigenvalue weighted by atomic mass is 16.3. The number of piperidine rings is 1. The van der Waals surface area contributed by atoms with E-state index in [4.69, 9.17) is 0 Å². The van der Waals surface area contributed by atoms with Crippen LogP contribution in [-0.4, -0.2) is 83.8 Å². The van der Waals surface area contributed by atoms with Gasteiger partial charge in [-0.3, -0.25) is 4.90 Å². The SMILES string of the molecule is CCCN1CCN(C2CCN(C(C)C)CC2)C(CCO)C1. The van der Waals surface area contributed by atoms with Crippen LogP contribution < -0.4 is 0 Å². The lowest BCUT2D eigenvalue weighted by Gasteiger charge is -2.48. The molecule has 0 saturated carbocycles. The summed E-state index contributed by atoms with van der Waals surface area (Å²) in [4.78, 5) is 7.91. The Labute approximate surface area is 131 Å². The van der Waals surface area contributed by atoms with Gasteiger partial charge in [0, 0.05) is 44.4 Å². The minimum absolute atomic E-state index is 0.325. The van der Waals surface area contributed by atoms with Crippen molar-refractivity contribution in [2.24, 2.45) is 0 Å². The molecule has 0 amide bonds. The Morgan fingerprint density at radius 2 is 1.81 bits per heavy atom. The minimum Gasteiger partial charge on any atom is -0.396 e. The third kappa shape index (κ3) is 4.65. The second kappa shape index (κ2) is 8.47. The Balaban J connectivity index is 1.89. The van der Waals surface area contributed by atoms with Gasteiger partial charge in [0.2, 0.25) is 0 Å². The van der Waals surface area contributed by atoms with Gasteiger partial charge >= 0.3 is 0 Å². The molecule has 124 valence electrons. The Bertz CT molecular complexity index is 290. The lowest BCUT2D eigenvalue weighted by molar-refractivity contribution is 0.00237. The van der Waals surface area contributed by atoms with Gasteiger partial charge in [0.15, 0.2) is 0 Å². The van der Waals surface area contributed by atoms with Crippen molar-refractivity contribution in [1.82, 2.24) is 14.7 Å². The van der Waals surface area contributed by atoms with Crippen LogP contribution >= 0.6 is 0 Å². The number of hydrogen-bond acceptors (Lipinski definition) is 4. The second-order valence-electron chi connectivity index (χ2n) is 7.07. The van der Waals surface area contributed by atoms with Crippen LogP contribution in [-0.2, 0) is 0 Å². The Kier molecular flexibility index (Phi) is 6.93. The number of nitrogens with zero attached hydrogens (tertiary/aromatic N) is 3. The van der Waals surface area contributed by atoms with Crippen molar-refractivity contribution >= 4 is 0 Å². The van der Waals surface area contributed by atoms with Gasteiger partial charge < -0.3 is 14.9 Å². The summed E-state index contributed by atoms with van der Waals surface area (Å²) in [5.41, 5.74) is 0. The standard InChI is InChI=1S/C17H35N3O/c1-4-8-18-11-12-20(17(14-18)7-13-21)16-5-9-19(10-6-16)15(2)3/h15-17,21H,4-14H2,1-3H3. The van der Waals surface area contributed by atoms with Crippen LogP contribution in [0.3, 0.4) is 0 Å². The van der Waals surface area contributed by atoms with Crippen LogP contribution in [0, 0.1) is 0 Å². The van der Waals surface area contributed by atoms with Crippen LogP contribution in [0.5, 0.6) is 0 Å². The van der Waals surface area contributed by atoms with Crippen LogP contribution in [0.2, 0.25) is 0 Å². The number of aliphatic hydroxyl groups excluding tert-OH is 1. The maximum Gasteiger partial charge on any atom is 0.0446 e. The molecule has 1 atom stereocenters. The van der Waals surface area contributed by atoms with Crippen molar-refractivity contribution in [2.45, 2.75) is 64.6 Å². The average molecular weight is 297 g/mol. The van der Waals surface area contributed by atoms with Gasteiger partial charge in [-0.15, -0.1) is 0 Å². The van der Waals surface area contributed by atoms with E-state index in [0.717, 1.165) is 19.0 Å². The zero-order chi connectivity index (χ0) is 15.2. The first-order chi connectivity index (χ1) is 10.2. The molecule has 0 aromatic heterocycles. The fourth-order valence-electron chi connectivity index (χ4n) is 4.07. The summed E-state index contributed by atoms with van der Waals surface area (Å²) in [5, 5.41) is 9.41. The normalized spacial score (nSPS) is 27.6. The Hall–Kier alpha value is -0.160. The molecule has 2 heterocycles. The summed E-state index contributed by atoms with van der Waals surface area (Å²) in [6.07, 6.45) is 4.77. The van der Waals surface area contributed by atoms with Crippen LogP contribution in [0.25, 0.3) is 0 Å². The second-order valence-corrected chi connectivity index (χ2v) is 7.07. The molecule has 2 saturated heterocycles. The van der Waals surface area contributed by atoms with Crippen molar-refractivity contribution in [2.75, 3.05) is 45.9 Å². The number of piperazine rings is 1. The molecule has 0 radical (unpaired) electrons. The van der Waals surface area contributed by atoms with E-state index >= 15 is 0 Å². The smallest absolute Gasteiger partial charge is 0.0446 e. The zero-order valence-corrected chi connectivity index (χ0v) is 14.3. The molecular weight excluding hydrogens is 262 g/mol. The number of likely N-dealkylation sites (tertiary alicyclic amines) is 1. The highest BCUT2D eigenvalue weighted by Gasteiger charge is 2.33. The fraction of sp³-hybridized carbons (Fsp3) is 1.00. The molecule has 2 rings (SSSR count). The van der Waals surface area contributed by atoms with E-state index in [2.05, 4.69) is 35.5 Å². The molecule has 2 fully saturated rings. The zero-order valence-electron chi connectivity index (χ0n) is 14.3. The van der Waals surface area contributed by atoms with Crippen LogP contribution in [0.15, 0.2) is 0 Å². The molecule has 0 aromatic rings. The fourth-order valence-corrected chi connectivity index (χ4v) is 4.07. The van der Waals surface area contributed by atoms with E-state index in [1.54, 1.807) is 0 Å². The number of aliphatic hydroxyl groups is 1. The van der Waals surface area contributed by atoms with Gasteiger partial charge in [0.25, 0.3) is 0 Å². The van der Waals surface area contributed by atoms with Gasteiger partial charge in [-0.1, -0.05) is 6.92 Å². The average Bonchev–Trinajstić information content (AvgIpc) is 2.48. The maximum absolute atomic E-state index is 9.41. The molecule has 1 unspecified atom stereocenters. The molecule has 0 bridgehead atoms. The predicted octanol–water partition coefficient (Wildman–Crippen LogP) is 1.64. The predicted molar refractivity (Wildman–Crippen MR) is 88.7 cm³/mol. The van der Waals surface area contributed by atoms with E-state index in [1.807, 2.05) is 0 Å². The van der Waals surface area contributed by atoms with Crippen molar-refractivity contribution in [1.29, 1.82) is 0 Å². The summed E-state index contributed by atoms with van der Waals surface area (Å²) >= 11 is 0. The topological polar surface area (TPSA) is 30.0 Å². The molecule has 2 aliphatic heterocycles. The molecule has 0 spiro atoms. The Morgan fingerprint density at radius 3 is 2.38 bits per heavy atom. The molecule has 1 N–H and O–H groups in total. The monoisotopic (exact) mass is 297 g/mol. The molecule has 2 aliphatic rings. The third-order valence-electron chi connectivity index (χ3n) is 5.31. The molecule has 0 aliphatic carbocycles. The highest BCUT2D eigenvalue weighted by Crippen LogP contribution is 2.24. The number of hydrogen-bond donors (Lipinski definition) is 1. The summed E-state index contributed by atoms with van der Waals surface area (Å²) in [5.74, 6) is 0. The number of rotatable bonds is 6. The first kappa shape index (κ1) is 17.2. The van der Waals surface area contributed by atoms with E-state index in [0.29, 0.717) is 18.7 Å². The minimum atomic E-state index is 0.325. The quantitative estimate of drug-likeness (QED) is 0.807. The van der Waals surface area contributed by atoms with Gasteiger partial charge in [0.1, 0.15) is 0 Å². The molecular formula is C17H35N3O. The van der Waals surface area contributed by atoms with Crippen molar-refractivity contribution in [3.8, 4) is 0 Å². The van der Waals surface area contributed by atoms with E-state index < -0.39 is 0 Å². The van der Waals surface area contributed by atoms with Crippen molar-refractivity contribution < 1.29 is 5.11 Å². The lowest BCUT2D eigenvalue weighted by Crippen LogP contribution is -2.59. The van der Waals surface area contributed by atoms with Gasteiger partial charge in [-0.25, -0.2) is 0 Å². The first-order valence-corrected chi connectivity index (χ1v) is 8.98. The van der Waals surface area contributed by atoms with Gasteiger partial charge in [-0.05, 0) is 59.2 Å².